The minimum Gasteiger partial charge on any atom is -0.472 e. The fourth-order valence-corrected chi connectivity index (χ4v) is 3.03. The molecule has 7 nitrogen and oxygen atoms in total. The van der Waals surface area contributed by atoms with Crippen LogP contribution in [0.2, 0.25) is 5.02 Å². The topological polar surface area (TPSA) is 98.3 Å². The van der Waals surface area contributed by atoms with E-state index in [4.69, 9.17) is 26.3 Å². The zero-order chi connectivity index (χ0) is 20.1. The standard InChI is InChI=1S/C19H11BrClN3O4/c20-17-18(28-15-7-13(9-22)6-14(21)8-15)16(24(25)26)10-23-19(17)27-11-12-4-2-1-3-5-12/h1-8,10H,11H2. The number of benzene rings is 2. The Labute approximate surface area is 173 Å². The minimum absolute atomic E-state index is 0.103. The van der Waals surface area contributed by atoms with E-state index in [9.17, 15) is 10.1 Å². The van der Waals surface area contributed by atoms with Crippen molar-refractivity contribution in [1.82, 2.24) is 4.98 Å². The van der Waals surface area contributed by atoms with Gasteiger partial charge in [0.05, 0.1) is 16.6 Å². The van der Waals surface area contributed by atoms with Crippen LogP contribution in [0.5, 0.6) is 17.4 Å². The lowest BCUT2D eigenvalue weighted by atomic mass is 10.2. The lowest BCUT2D eigenvalue weighted by Crippen LogP contribution is -2.01. The molecule has 0 amide bonds. The summed E-state index contributed by atoms with van der Waals surface area (Å²) in [6.07, 6.45) is 1.05. The third kappa shape index (κ3) is 4.57. The molecule has 3 aromatic rings. The van der Waals surface area contributed by atoms with Crippen molar-refractivity contribution in [2.75, 3.05) is 0 Å². The minimum atomic E-state index is -0.621. The van der Waals surface area contributed by atoms with Crippen LogP contribution < -0.4 is 9.47 Å². The zero-order valence-corrected chi connectivity index (χ0v) is 16.5. The highest BCUT2D eigenvalue weighted by atomic mass is 79.9. The van der Waals surface area contributed by atoms with Gasteiger partial charge in [-0.3, -0.25) is 10.1 Å². The van der Waals surface area contributed by atoms with Crippen LogP contribution in [0.4, 0.5) is 5.69 Å². The Hall–Kier alpha value is -3.15. The van der Waals surface area contributed by atoms with Gasteiger partial charge in [-0.15, -0.1) is 0 Å². The Balaban J connectivity index is 1.95. The zero-order valence-electron chi connectivity index (χ0n) is 14.1. The molecule has 3 rings (SSSR count). The molecule has 0 N–H and O–H groups in total. The Kier molecular flexibility index (Phi) is 6.09. The molecule has 28 heavy (non-hydrogen) atoms. The lowest BCUT2D eigenvalue weighted by molar-refractivity contribution is -0.386. The molecule has 0 saturated carbocycles. The van der Waals surface area contributed by atoms with Gasteiger partial charge >= 0.3 is 5.69 Å². The lowest BCUT2D eigenvalue weighted by Gasteiger charge is -2.12. The van der Waals surface area contributed by atoms with Crippen LogP contribution >= 0.6 is 27.5 Å². The van der Waals surface area contributed by atoms with Gasteiger partial charge in [-0.2, -0.15) is 5.26 Å². The number of hydrogen-bond donors (Lipinski definition) is 0. The molecule has 1 aromatic heterocycles. The molecule has 1 heterocycles. The van der Waals surface area contributed by atoms with Crippen molar-refractivity contribution in [3.05, 3.63) is 85.5 Å². The summed E-state index contributed by atoms with van der Waals surface area (Å²) in [5.41, 5.74) is 0.804. The number of nitro groups is 1. The molecule has 0 radical (unpaired) electrons. The summed E-state index contributed by atoms with van der Waals surface area (Å²) in [5.74, 6) is 0.203. The number of halogens is 2. The third-order valence-electron chi connectivity index (χ3n) is 3.56. The van der Waals surface area contributed by atoms with Crippen molar-refractivity contribution in [3.8, 4) is 23.4 Å². The van der Waals surface area contributed by atoms with Gasteiger partial charge in [0.1, 0.15) is 23.0 Å². The number of nitriles is 1. The van der Waals surface area contributed by atoms with Crippen LogP contribution in [0.3, 0.4) is 0 Å². The largest absolute Gasteiger partial charge is 0.472 e. The first kappa shape index (κ1) is 19.6. The van der Waals surface area contributed by atoms with Crippen molar-refractivity contribution in [1.29, 1.82) is 5.26 Å². The van der Waals surface area contributed by atoms with E-state index >= 15 is 0 Å². The third-order valence-corrected chi connectivity index (χ3v) is 4.48. The molecule has 0 fully saturated rings. The fraction of sp³-hybridized carbons (Fsp3) is 0.0526. The molecule has 0 aliphatic rings. The predicted octanol–water partition coefficient (Wildman–Crippen LogP) is 5.65. The number of nitrogens with zero attached hydrogens (tertiary/aromatic N) is 3. The Morgan fingerprint density at radius 2 is 2.00 bits per heavy atom. The molecular formula is C19H11BrClN3O4. The summed E-state index contributed by atoms with van der Waals surface area (Å²) in [7, 11) is 0. The molecule has 0 atom stereocenters. The van der Waals surface area contributed by atoms with Gasteiger partial charge in [-0.05, 0) is 39.7 Å². The van der Waals surface area contributed by atoms with Gasteiger partial charge in [0.25, 0.3) is 0 Å². The number of ether oxygens (including phenoxy) is 2. The van der Waals surface area contributed by atoms with Crippen molar-refractivity contribution in [2.45, 2.75) is 6.61 Å². The SMILES string of the molecule is N#Cc1cc(Cl)cc(Oc2c([N+](=O)[O-])cnc(OCc3ccccc3)c2Br)c1. The molecule has 9 heteroatoms. The Bertz CT molecular complexity index is 1070. The van der Waals surface area contributed by atoms with Gasteiger partial charge in [-0.25, -0.2) is 4.98 Å². The van der Waals surface area contributed by atoms with E-state index in [2.05, 4.69) is 20.9 Å². The first-order valence-electron chi connectivity index (χ1n) is 7.86. The van der Waals surface area contributed by atoms with Crippen LogP contribution in [0.25, 0.3) is 0 Å². The number of rotatable bonds is 6. The predicted molar refractivity (Wildman–Crippen MR) is 106 cm³/mol. The Morgan fingerprint density at radius 3 is 2.68 bits per heavy atom. The summed E-state index contributed by atoms with van der Waals surface area (Å²) < 4.78 is 11.5. The van der Waals surface area contributed by atoms with E-state index in [0.29, 0.717) is 0 Å². The van der Waals surface area contributed by atoms with E-state index in [-0.39, 0.29) is 44.7 Å². The van der Waals surface area contributed by atoms with E-state index in [1.165, 1.54) is 18.2 Å². The summed E-state index contributed by atoms with van der Waals surface area (Å²) in [6, 6.07) is 15.7. The van der Waals surface area contributed by atoms with Crippen LogP contribution in [0, 0.1) is 21.4 Å². The smallest absolute Gasteiger partial charge is 0.331 e. The summed E-state index contributed by atoms with van der Waals surface area (Å²) in [4.78, 5) is 14.8. The second kappa shape index (κ2) is 8.69. The average Bonchev–Trinajstić information content (AvgIpc) is 2.68. The van der Waals surface area contributed by atoms with Gasteiger partial charge < -0.3 is 9.47 Å². The quantitative estimate of drug-likeness (QED) is 0.348. The van der Waals surface area contributed by atoms with Crippen LogP contribution in [-0.2, 0) is 6.61 Å². The van der Waals surface area contributed by atoms with Crippen LogP contribution in [-0.4, -0.2) is 9.91 Å². The van der Waals surface area contributed by atoms with Crippen LogP contribution in [0.1, 0.15) is 11.1 Å². The normalized spacial score (nSPS) is 10.2. The molecule has 0 aliphatic carbocycles. The molecule has 0 spiro atoms. The van der Waals surface area contributed by atoms with Gasteiger partial charge in [0.15, 0.2) is 0 Å². The monoisotopic (exact) mass is 459 g/mol. The highest BCUT2D eigenvalue weighted by molar-refractivity contribution is 9.10. The van der Waals surface area contributed by atoms with Gasteiger partial charge in [0.2, 0.25) is 11.6 Å². The maximum atomic E-state index is 11.4. The molecule has 0 aliphatic heterocycles. The highest BCUT2D eigenvalue weighted by Gasteiger charge is 2.24. The molecule has 140 valence electrons. The van der Waals surface area contributed by atoms with Crippen molar-refractivity contribution < 1.29 is 14.4 Å². The fourth-order valence-electron chi connectivity index (χ4n) is 2.30. The molecule has 2 aromatic carbocycles. The highest BCUT2D eigenvalue weighted by Crippen LogP contribution is 2.42. The molecule has 0 saturated heterocycles. The molecule has 0 unspecified atom stereocenters. The van der Waals surface area contributed by atoms with Crippen molar-refractivity contribution in [2.24, 2.45) is 0 Å². The number of hydrogen-bond acceptors (Lipinski definition) is 6. The number of aromatic nitrogens is 1. The second-order valence-electron chi connectivity index (χ2n) is 5.51. The maximum absolute atomic E-state index is 11.4. The van der Waals surface area contributed by atoms with Gasteiger partial charge in [-0.1, -0.05) is 41.9 Å². The van der Waals surface area contributed by atoms with E-state index < -0.39 is 4.92 Å². The van der Waals surface area contributed by atoms with Gasteiger partial charge in [0, 0.05) is 5.02 Å². The maximum Gasteiger partial charge on any atom is 0.331 e. The first-order valence-corrected chi connectivity index (χ1v) is 9.03. The molecular weight excluding hydrogens is 450 g/mol. The van der Waals surface area contributed by atoms with E-state index in [0.717, 1.165) is 11.8 Å². The second-order valence-corrected chi connectivity index (χ2v) is 6.74. The van der Waals surface area contributed by atoms with E-state index in [1.54, 1.807) is 0 Å². The summed E-state index contributed by atoms with van der Waals surface area (Å²) >= 11 is 9.24. The Morgan fingerprint density at radius 1 is 1.25 bits per heavy atom. The number of pyridine rings is 1. The summed E-state index contributed by atoms with van der Waals surface area (Å²) in [5, 5.41) is 20.7. The van der Waals surface area contributed by atoms with E-state index in [1.807, 2.05) is 36.4 Å². The van der Waals surface area contributed by atoms with Crippen LogP contribution in [0.15, 0.2) is 59.2 Å². The molecule has 0 bridgehead atoms. The summed E-state index contributed by atoms with van der Waals surface area (Å²) in [6.45, 7) is 0.222. The van der Waals surface area contributed by atoms with Crippen molar-refractivity contribution in [3.63, 3.8) is 0 Å². The first-order chi connectivity index (χ1) is 13.5. The van der Waals surface area contributed by atoms with Crippen molar-refractivity contribution >= 4 is 33.2 Å². The average molecular weight is 461 g/mol.